The molecule has 0 spiro atoms. The van der Waals surface area contributed by atoms with E-state index in [9.17, 15) is 4.79 Å². The van der Waals surface area contributed by atoms with Gasteiger partial charge in [-0.15, -0.1) is 11.3 Å². The highest BCUT2D eigenvalue weighted by atomic mass is 32.1. The molecule has 0 radical (unpaired) electrons. The van der Waals surface area contributed by atoms with Crippen LogP contribution in [0.2, 0.25) is 0 Å². The Hall–Kier alpha value is -2.44. The van der Waals surface area contributed by atoms with Crippen LogP contribution in [0, 0.1) is 0 Å². The van der Waals surface area contributed by atoms with E-state index in [-0.39, 0.29) is 5.91 Å². The molecule has 1 aromatic carbocycles. The molecule has 24 heavy (non-hydrogen) atoms. The molecule has 1 amide bonds. The Morgan fingerprint density at radius 2 is 2.12 bits per heavy atom. The zero-order chi connectivity index (χ0) is 16.5. The number of aromatic nitrogens is 1. The molecule has 122 valence electrons. The highest BCUT2D eigenvalue weighted by molar-refractivity contribution is 7.15. The highest BCUT2D eigenvalue weighted by Crippen LogP contribution is 2.29. The van der Waals surface area contributed by atoms with E-state index in [1.54, 1.807) is 6.26 Å². The molecule has 2 aromatic heterocycles. The zero-order valence-electron chi connectivity index (χ0n) is 13.3. The average molecular weight is 339 g/mol. The van der Waals surface area contributed by atoms with Gasteiger partial charge in [0.05, 0.1) is 12.0 Å². The summed E-state index contributed by atoms with van der Waals surface area (Å²) in [5.41, 5.74) is 2.83. The molecule has 0 saturated carbocycles. The molecular weight excluding hydrogens is 322 g/mol. The minimum Gasteiger partial charge on any atom is -0.459 e. The monoisotopic (exact) mass is 339 g/mol. The number of anilines is 1. The van der Waals surface area contributed by atoms with Crippen LogP contribution in [-0.2, 0) is 13.0 Å². The summed E-state index contributed by atoms with van der Waals surface area (Å²) in [5, 5.41) is 3.52. The van der Waals surface area contributed by atoms with Crippen LogP contribution in [0.1, 0.15) is 21.1 Å². The van der Waals surface area contributed by atoms with Crippen molar-refractivity contribution in [3.63, 3.8) is 0 Å². The van der Waals surface area contributed by atoms with Crippen molar-refractivity contribution in [3.05, 3.63) is 59.0 Å². The smallest absolute Gasteiger partial charge is 0.293 e. The Bertz CT molecular complexity index is 870. The van der Waals surface area contributed by atoms with Crippen molar-refractivity contribution >= 4 is 22.4 Å². The third-order valence-corrected chi connectivity index (χ3v) is 5.10. The van der Waals surface area contributed by atoms with Crippen LogP contribution in [0.5, 0.6) is 0 Å². The Morgan fingerprint density at radius 3 is 2.96 bits per heavy atom. The maximum atomic E-state index is 12.6. The number of fused-ring (bicyclic) bond motifs is 1. The Morgan fingerprint density at radius 1 is 1.29 bits per heavy atom. The molecule has 0 aliphatic carbocycles. The van der Waals surface area contributed by atoms with Gasteiger partial charge in [0, 0.05) is 30.0 Å². The molecule has 0 bridgehead atoms. The van der Waals surface area contributed by atoms with E-state index < -0.39 is 0 Å². The average Bonchev–Trinajstić information content (AvgIpc) is 3.21. The van der Waals surface area contributed by atoms with Gasteiger partial charge in [0.2, 0.25) is 0 Å². The maximum Gasteiger partial charge on any atom is 0.293 e. The van der Waals surface area contributed by atoms with Crippen LogP contribution in [0.25, 0.3) is 11.1 Å². The summed E-state index contributed by atoms with van der Waals surface area (Å²) in [6, 6.07) is 11.6. The van der Waals surface area contributed by atoms with Crippen molar-refractivity contribution in [2.75, 3.05) is 18.9 Å². The first-order chi connectivity index (χ1) is 11.7. The second kappa shape index (κ2) is 6.22. The molecule has 1 N–H and O–H groups in total. The summed E-state index contributed by atoms with van der Waals surface area (Å²) >= 11 is 1.54. The van der Waals surface area contributed by atoms with Crippen LogP contribution in [0.3, 0.4) is 0 Å². The number of likely N-dealkylation sites (N-methyl/N-ethyl adjacent to an activating group) is 1. The van der Waals surface area contributed by atoms with E-state index in [0.29, 0.717) is 10.9 Å². The molecule has 1 aliphatic heterocycles. The Labute approximate surface area is 143 Å². The number of hydrogen-bond donors (Lipinski definition) is 1. The van der Waals surface area contributed by atoms with Gasteiger partial charge in [-0.1, -0.05) is 30.3 Å². The van der Waals surface area contributed by atoms with E-state index in [1.165, 1.54) is 16.2 Å². The topological polar surface area (TPSA) is 58.4 Å². The van der Waals surface area contributed by atoms with Gasteiger partial charge in [-0.05, 0) is 18.7 Å². The molecule has 5 nitrogen and oxygen atoms in total. The standard InChI is InChI=1S/C18H17N3O2S/c1-21-9-7-14-15(11-21)24-18(19-14)20-17(22)16-13(8-10-23-16)12-5-3-2-4-6-12/h2-6,8,10H,7,9,11H2,1H3,(H,19,20,22). The Kier molecular flexibility index (Phi) is 3.92. The van der Waals surface area contributed by atoms with Crippen LogP contribution in [0.4, 0.5) is 5.13 Å². The number of hydrogen-bond acceptors (Lipinski definition) is 5. The molecular formula is C18H17N3O2S. The molecule has 1 aliphatic rings. The van der Waals surface area contributed by atoms with Gasteiger partial charge in [-0.25, -0.2) is 4.98 Å². The summed E-state index contributed by atoms with van der Waals surface area (Å²) in [5.74, 6) is 0.0461. The number of rotatable bonds is 3. The van der Waals surface area contributed by atoms with Gasteiger partial charge in [0.25, 0.3) is 5.91 Å². The first kappa shape index (κ1) is 15.1. The van der Waals surface area contributed by atoms with Crippen molar-refractivity contribution in [2.24, 2.45) is 0 Å². The minimum absolute atomic E-state index is 0.265. The normalized spacial score (nSPS) is 14.4. The first-order valence-electron chi connectivity index (χ1n) is 7.82. The van der Waals surface area contributed by atoms with Crippen LogP contribution < -0.4 is 5.32 Å². The summed E-state index contributed by atoms with van der Waals surface area (Å²) in [6.07, 6.45) is 2.47. The van der Waals surface area contributed by atoms with Crippen LogP contribution >= 0.6 is 11.3 Å². The number of nitrogens with zero attached hydrogens (tertiary/aromatic N) is 2. The van der Waals surface area contributed by atoms with Gasteiger partial charge in [0.1, 0.15) is 0 Å². The molecule has 3 aromatic rings. The molecule has 0 unspecified atom stereocenters. The van der Waals surface area contributed by atoms with Crippen LogP contribution in [0.15, 0.2) is 47.1 Å². The van der Waals surface area contributed by atoms with Gasteiger partial charge < -0.3 is 9.32 Å². The van der Waals surface area contributed by atoms with Crippen molar-refractivity contribution < 1.29 is 9.21 Å². The molecule has 6 heteroatoms. The number of carbonyl (C=O) groups excluding carboxylic acids is 1. The summed E-state index contributed by atoms with van der Waals surface area (Å²) < 4.78 is 5.43. The quantitative estimate of drug-likeness (QED) is 0.791. The zero-order valence-corrected chi connectivity index (χ0v) is 14.1. The SMILES string of the molecule is CN1CCc2nc(NC(=O)c3occc3-c3ccccc3)sc2C1. The van der Waals surface area contributed by atoms with Gasteiger partial charge in [-0.3, -0.25) is 10.1 Å². The molecule has 0 atom stereocenters. The summed E-state index contributed by atoms with van der Waals surface area (Å²) in [4.78, 5) is 20.6. The predicted octanol–water partition coefficient (Wildman–Crippen LogP) is 3.64. The highest BCUT2D eigenvalue weighted by Gasteiger charge is 2.21. The lowest BCUT2D eigenvalue weighted by atomic mass is 10.1. The lowest BCUT2D eigenvalue weighted by Crippen LogP contribution is -2.25. The van der Waals surface area contributed by atoms with E-state index in [0.717, 1.165) is 36.3 Å². The minimum atomic E-state index is -0.265. The van der Waals surface area contributed by atoms with E-state index in [1.807, 2.05) is 36.4 Å². The molecule has 3 heterocycles. The van der Waals surface area contributed by atoms with E-state index in [4.69, 9.17) is 4.42 Å². The van der Waals surface area contributed by atoms with Gasteiger partial charge >= 0.3 is 0 Å². The third-order valence-electron chi connectivity index (χ3n) is 4.10. The summed E-state index contributed by atoms with van der Waals surface area (Å²) in [6.45, 7) is 1.89. The lowest BCUT2D eigenvalue weighted by Gasteiger charge is -2.20. The fourth-order valence-electron chi connectivity index (χ4n) is 2.86. The van der Waals surface area contributed by atoms with Gasteiger partial charge in [0.15, 0.2) is 10.9 Å². The second-order valence-corrected chi connectivity index (χ2v) is 6.94. The van der Waals surface area contributed by atoms with Crippen molar-refractivity contribution in [2.45, 2.75) is 13.0 Å². The van der Waals surface area contributed by atoms with Crippen molar-refractivity contribution in [3.8, 4) is 11.1 Å². The number of benzene rings is 1. The lowest BCUT2D eigenvalue weighted by molar-refractivity contribution is 0.0997. The van der Waals surface area contributed by atoms with E-state index >= 15 is 0 Å². The third kappa shape index (κ3) is 2.86. The van der Waals surface area contributed by atoms with Crippen molar-refractivity contribution in [1.82, 2.24) is 9.88 Å². The fourth-order valence-corrected chi connectivity index (χ4v) is 3.94. The number of furan rings is 1. The largest absolute Gasteiger partial charge is 0.459 e. The van der Waals surface area contributed by atoms with Crippen LogP contribution in [-0.4, -0.2) is 29.4 Å². The van der Waals surface area contributed by atoms with E-state index in [2.05, 4.69) is 22.2 Å². The molecule has 4 rings (SSSR count). The number of thiazole rings is 1. The maximum absolute atomic E-state index is 12.6. The predicted molar refractivity (Wildman–Crippen MR) is 94.2 cm³/mol. The Balaban J connectivity index is 1.57. The second-order valence-electron chi connectivity index (χ2n) is 5.86. The number of carbonyl (C=O) groups is 1. The molecule has 0 fully saturated rings. The van der Waals surface area contributed by atoms with Gasteiger partial charge in [-0.2, -0.15) is 0 Å². The van der Waals surface area contributed by atoms with Crippen molar-refractivity contribution in [1.29, 1.82) is 0 Å². The fraction of sp³-hybridized carbons (Fsp3) is 0.222. The molecule has 0 saturated heterocycles. The first-order valence-corrected chi connectivity index (χ1v) is 8.64. The summed E-state index contributed by atoms with van der Waals surface area (Å²) in [7, 11) is 2.09. The number of nitrogens with one attached hydrogen (secondary N) is 1. The number of amides is 1.